The molecule has 6 unspecified atom stereocenters. The number of aliphatic hydroxyl groups excluding tert-OH is 2. The van der Waals surface area contributed by atoms with Crippen molar-refractivity contribution >= 4 is 23.9 Å². The van der Waals surface area contributed by atoms with E-state index in [1.54, 1.807) is 0 Å². The summed E-state index contributed by atoms with van der Waals surface area (Å²) in [5.74, 6) is -3.29. The fourth-order valence-electron chi connectivity index (χ4n) is 8.40. The average Bonchev–Trinajstić information content (AvgIpc) is 3.47. The van der Waals surface area contributed by atoms with Gasteiger partial charge in [-0.25, -0.2) is 4.79 Å². The van der Waals surface area contributed by atoms with Crippen molar-refractivity contribution in [3.05, 3.63) is 122 Å². The van der Waals surface area contributed by atoms with Crippen LogP contribution in [0.15, 0.2) is 122 Å². The molecule has 3 N–H and O–H groups in total. The Hall–Kier alpha value is -4.88. The quantitative estimate of drug-likeness (QED) is 0.0228. The first-order valence-corrected chi connectivity index (χ1v) is 30.5. The minimum absolute atomic E-state index is 0.0391. The third kappa shape index (κ3) is 43.6. The van der Waals surface area contributed by atoms with E-state index in [0.717, 1.165) is 122 Å². The average molecular weight is 1100 g/mol. The van der Waals surface area contributed by atoms with Gasteiger partial charge >= 0.3 is 23.9 Å². The number of carboxylic acid groups (broad SMARTS) is 1. The Labute approximate surface area is 478 Å². The molecule has 79 heavy (non-hydrogen) atoms. The highest BCUT2D eigenvalue weighted by molar-refractivity contribution is 5.74. The van der Waals surface area contributed by atoms with Crippen LogP contribution in [0.1, 0.15) is 226 Å². The second kappa shape index (κ2) is 53.7. The third-order valence-corrected chi connectivity index (χ3v) is 13.0. The van der Waals surface area contributed by atoms with E-state index >= 15 is 0 Å². The number of aliphatic hydroxyl groups is 2. The van der Waals surface area contributed by atoms with Gasteiger partial charge in [0.25, 0.3) is 0 Å². The second-order valence-corrected chi connectivity index (χ2v) is 20.2. The summed E-state index contributed by atoms with van der Waals surface area (Å²) in [5, 5.41) is 31.5. The van der Waals surface area contributed by atoms with Crippen molar-refractivity contribution in [1.29, 1.82) is 0 Å². The number of unbranched alkanes of at least 4 members (excludes halogenated alkanes) is 16. The summed E-state index contributed by atoms with van der Waals surface area (Å²) in [6.07, 6.45) is 61.8. The summed E-state index contributed by atoms with van der Waals surface area (Å²) in [6.45, 7) is 5.66. The first-order valence-electron chi connectivity index (χ1n) is 30.5. The number of allylic oxidation sites excluding steroid dienone is 20. The summed E-state index contributed by atoms with van der Waals surface area (Å²) in [6, 6.07) is 0. The normalized spacial score (nSPS) is 18.7. The molecule has 0 saturated carbocycles. The molecule has 0 spiro atoms. The molecule has 1 aliphatic rings. The van der Waals surface area contributed by atoms with Crippen LogP contribution < -0.4 is 0 Å². The third-order valence-electron chi connectivity index (χ3n) is 13.0. The van der Waals surface area contributed by atoms with Crippen molar-refractivity contribution in [2.75, 3.05) is 13.2 Å². The van der Waals surface area contributed by atoms with Crippen molar-refractivity contribution in [1.82, 2.24) is 0 Å². The number of esters is 3. The van der Waals surface area contributed by atoms with Crippen LogP contribution in [-0.4, -0.2) is 89.2 Å². The Morgan fingerprint density at radius 3 is 1.29 bits per heavy atom. The molecule has 0 amide bonds. The van der Waals surface area contributed by atoms with Gasteiger partial charge in [-0.1, -0.05) is 213 Å². The molecule has 12 heteroatoms. The van der Waals surface area contributed by atoms with Gasteiger partial charge in [0.2, 0.25) is 0 Å². The number of carbonyl (C=O) groups excluding carboxylic acids is 3. The molecule has 1 fully saturated rings. The highest BCUT2D eigenvalue weighted by Crippen LogP contribution is 2.26. The lowest BCUT2D eigenvalue weighted by molar-refractivity contribution is -0.301. The zero-order chi connectivity index (χ0) is 57.5. The van der Waals surface area contributed by atoms with Gasteiger partial charge in [0.15, 0.2) is 24.6 Å². The summed E-state index contributed by atoms with van der Waals surface area (Å²) in [7, 11) is 0. The summed E-state index contributed by atoms with van der Waals surface area (Å²) in [4.78, 5) is 51.1. The van der Waals surface area contributed by atoms with Crippen molar-refractivity contribution in [2.24, 2.45) is 0 Å². The number of rotatable bonds is 50. The van der Waals surface area contributed by atoms with Gasteiger partial charge in [-0.3, -0.25) is 14.4 Å². The molecule has 0 bridgehead atoms. The van der Waals surface area contributed by atoms with Gasteiger partial charge in [-0.2, -0.15) is 0 Å². The smallest absolute Gasteiger partial charge is 0.335 e. The number of hydrogen-bond donors (Lipinski definition) is 3. The van der Waals surface area contributed by atoms with Gasteiger partial charge in [0.05, 0.1) is 6.61 Å². The van der Waals surface area contributed by atoms with Crippen LogP contribution in [0.4, 0.5) is 0 Å². The van der Waals surface area contributed by atoms with Gasteiger partial charge in [-0.05, 0) is 116 Å². The number of ether oxygens (including phenoxy) is 5. The Balaban J connectivity index is 2.74. The molecule has 12 nitrogen and oxygen atoms in total. The van der Waals surface area contributed by atoms with Crippen LogP contribution in [-0.2, 0) is 42.9 Å². The van der Waals surface area contributed by atoms with E-state index in [-0.39, 0.29) is 25.9 Å². The Bertz CT molecular complexity index is 1840. The van der Waals surface area contributed by atoms with E-state index in [0.29, 0.717) is 19.3 Å². The van der Waals surface area contributed by atoms with Crippen LogP contribution in [0.2, 0.25) is 0 Å². The minimum Gasteiger partial charge on any atom is -0.479 e. The monoisotopic (exact) mass is 1100 g/mol. The summed E-state index contributed by atoms with van der Waals surface area (Å²) in [5.41, 5.74) is 0. The van der Waals surface area contributed by atoms with E-state index in [4.69, 9.17) is 23.7 Å². The van der Waals surface area contributed by atoms with Crippen molar-refractivity contribution in [3.63, 3.8) is 0 Å². The largest absolute Gasteiger partial charge is 0.479 e. The molecular weight excluding hydrogens is 997 g/mol. The van der Waals surface area contributed by atoms with E-state index in [9.17, 15) is 34.5 Å². The topological polar surface area (TPSA) is 175 Å². The first kappa shape index (κ1) is 72.1. The number of aliphatic carboxylic acids is 1. The van der Waals surface area contributed by atoms with Crippen LogP contribution >= 0.6 is 0 Å². The second-order valence-electron chi connectivity index (χ2n) is 20.2. The minimum atomic E-state index is -1.92. The Morgan fingerprint density at radius 2 is 0.823 bits per heavy atom. The summed E-state index contributed by atoms with van der Waals surface area (Å²) < 4.78 is 28.3. The number of carbonyl (C=O) groups is 4. The van der Waals surface area contributed by atoms with Crippen LogP contribution in [0.3, 0.4) is 0 Å². The molecule has 0 radical (unpaired) electrons. The van der Waals surface area contributed by atoms with Gasteiger partial charge in [0.1, 0.15) is 18.8 Å². The fourth-order valence-corrected chi connectivity index (χ4v) is 8.40. The van der Waals surface area contributed by atoms with Crippen LogP contribution in [0, 0.1) is 0 Å². The zero-order valence-corrected chi connectivity index (χ0v) is 49.1. The molecule has 6 atom stereocenters. The highest BCUT2D eigenvalue weighted by atomic mass is 16.7. The van der Waals surface area contributed by atoms with Crippen LogP contribution in [0.25, 0.3) is 0 Å². The lowest BCUT2D eigenvalue weighted by atomic mass is 9.98. The first-order chi connectivity index (χ1) is 38.6. The standard InChI is InChI=1S/C67H106O12/c1-4-7-10-13-16-19-22-25-27-29-30-32-33-36-38-41-44-47-50-53-59(68)75-56-58(77-60(69)54-51-48-45-42-39-35-24-21-18-15-12-9-6-3)57-76-67-65(63(72)62(71)64(79-67)66(73)74)78-61(70)55-52-49-46-43-40-37-34-31-28-26-23-20-17-14-11-8-5-2/h7,9-10,12,16,18-19,21,25-28,30,32,35-36,38-39,44,47,58,62-65,67,71-72H,4-6,8,11,13-15,17,20,22-24,29,31,33-34,37,40-43,45-46,48-57H2,1-3H3,(H,73,74)/b10-7-,12-9-,19-16-,21-18-,27-25-,28-26-,32-30-,38-36-,39-35-,47-44-. The van der Waals surface area contributed by atoms with Crippen molar-refractivity contribution < 1.29 is 58.2 Å². The fraction of sp³-hybridized carbons (Fsp3) is 0.642. The number of hydrogen-bond acceptors (Lipinski definition) is 11. The lowest BCUT2D eigenvalue weighted by Gasteiger charge is -2.40. The zero-order valence-electron chi connectivity index (χ0n) is 49.1. The van der Waals surface area contributed by atoms with Crippen molar-refractivity contribution in [2.45, 2.75) is 263 Å². The van der Waals surface area contributed by atoms with E-state index in [1.807, 2.05) is 12.2 Å². The van der Waals surface area contributed by atoms with Gasteiger partial charge in [0, 0.05) is 19.3 Å². The molecule has 1 aliphatic heterocycles. The molecule has 0 aliphatic carbocycles. The SMILES string of the molecule is CC/C=C\C/C=C\C/C=C\C/C=C\C/C=C\C/C=C\CCC(=O)OCC(COC1OC(C(=O)O)C(O)C(O)C1OC(=O)CCCCCCCCC/C=C\CCCCCCCC)OC(=O)CCCCC/C=C\C/C=C\C/C=C\CC. The molecule has 0 aromatic rings. The summed E-state index contributed by atoms with van der Waals surface area (Å²) >= 11 is 0. The maximum absolute atomic E-state index is 13.1. The highest BCUT2D eigenvalue weighted by Gasteiger charge is 2.50. The van der Waals surface area contributed by atoms with Gasteiger partial charge < -0.3 is 39.0 Å². The van der Waals surface area contributed by atoms with E-state index in [1.165, 1.54) is 44.9 Å². The molecule has 1 rings (SSSR count). The predicted molar refractivity (Wildman–Crippen MR) is 321 cm³/mol. The van der Waals surface area contributed by atoms with Crippen LogP contribution in [0.5, 0.6) is 0 Å². The Kier molecular flexibility index (Phi) is 49.1. The maximum atomic E-state index is 13.1. The molecule has 446 valence electrons. The van der Waals surface area contributed by atoms with Crippen molar-refractivity contribution in [3.8, 4) is 0 Å². The van der Waals surface area contributed by atoms with E-state index in [2.05, 4.69) is 130 Å². The molecular formula is C67H106O12. The Morgan fingerprint density at radius 1 is 0.430 bits per heavy atom. The lowest BCUT2D eigenvalue weighted by Crippen LogP contribution is -2.61. The maximum Gasteiger partial charge on any atom is 0.335 e. The predicted octanol–water partition coefficient (Wildman–Crippen LogP) is 16.0. The molecule has 1 saturated heterocycles. The molecule has 0 aromatic carbocycles. The van der Waals surface area contributed by atoms with E-state index < -0.39 is 67.3 Å². The van der Waals surface area contributed by atoms with Gasteiger partial charge in [-0.15, -0.1) is 0 Å². The number of carboxylic acids is 1. The molecule has 1 heterocycles. The molecule has 0 aromatic heterocycles.